The maximum absolute atomic E-state index is 4.72. The molecular formula is C4H5NO. The fourth-order valence-corrected chi connectivity index (χ4v) is 0.279. The van der Waals surface area contributed by atoms with Gasteiger partial charge in [-0.15, -0.1) is 0 Å². The van der Waals surface area contributed by atoms with Crippen molar-refractivity contribution in [3.05, 3.63) is 18.4 Å². The van der Waals surface area contributed by atoms with Gasteiger partial charge in [0.05, 0.1) is 6.20 Å². The highest BCUT2D eigenvalue weighted by Gasteiger charge is 1.77. The molecule has 0 bridgehead atoms. The number of hydrogen-bond donors (Lipinski definition) is 0. The first-order chi connectivity index (χ1) is 2.89. The largest absolute Gasteiger partial charge is 0.449 e. The maximum atomic E-state index is 4.72. The van der Waals surface area contributed by atoms with E-state index in [1.54, 1.807) is 6.20 Å². The summed E-state index contributed by atoms with van der Waals surface area (Å²) in [5.41, 5.74) is 0. The van der Waals surface area contributed by atoms with Crippen molar-refractivity contribution >= 4 is 0 Å². The summed E-state index contributed by atoms with van der Waals surface area (Å²) in [5, 5.41) is 0. The lowest BCUT2D eigenvalue weighted by Crippen LogP contribution is -1.50. The van der Waals surface area contributed by atoms with Crippen LogP contribution in [0.1, 0.15) is 5.76 Å². The van der Waals surface area contributed by atoms with Gasteiger partial charge in [-0.1, -0.05) is 0 Å². The van der Waals surface area contributed by atoms with Crippen molar-refractivity contribution in [2.75, 3.05) is 0 Å². The summed E-state index contributed by atoms with van der Waals surface area (Å²) in [6, 6.07) is 0. The van der Waals surface area contributed by atoms with Crippen LogP contribution in [0.5, 0.6) is 0 Å². The summed E-state index contributed by atoms with van der Waals surface area (Å²) in [4.78, 5) is 3.66. The summed E-state index contributed by atoms with van der Waals surface area (Å²) in [6.07, 6.45) is 3.08. The van der Waals surface area contributed by atoms with E-state index in [1.807, 2.05) is 6.92 Å². The molecular weight excluding hydrogens is 78.0 g/mol. The third-order valence-corrected chi connectivity index (χ3v) is 0.556. The van der Waals surface area contributed by atoms with E-state index in [9.17, 15) is 0 Å². The van der Waals surface area contributed by atoms with Crippen LogP contribution < -0.4 is 0 Å². The molecule has 0 amide bonds. The van der Waals surface area contributed by atoms with Gasteiger partial charge < -0.3 is 4.42 Å². The quantitative estimate of drug-likeness (QED) is 0.467. The van der Waals surface area contributed by atoms with Crippen LogP contribution in [0.15, 0.2) is 17.0 Å². The van der Waals surface area contributed by atoms with Crippen LogP contribution >= 0.6 is 0 Å². The van der Waals surface area contributed by atoms with Crippen molar-refractivity contribution in [3.8, 4) is 0 Å². The number of rotatable bonds is 0. The standard InChI is InChI=1S/C4H5NO/c1-4-2-5-3-6-4/h2-3H,1H3. The van der Waals surface area contributed by atoms with Gasteiger partial charge in [0, 0.05) is 0 Å². The van der Waals surface area contributed by atoms with E-state index in [2.05, 4.69) is 4.98 Å². The normalized spacial score (nSPS) is 8.83. The predicted octanol–water partition coefficient (Wildman–Crippen LogP) is 0.983. The molecule has 0 spiro atoms. The van der Waals surface area contributed by atoms with E-state index >= 15 is 0 Å². The van der Waals surface area contributed by atoms with Crippen LogP contribution in [0.2, 0.25) is 0 Å². The number of aromatic nitrogens is 1. The molecule has 6 heavy (non-hydrogen) atoms. The smallest absolute Gasteiger partial charge is 0.180 e. The van der Waals surface area contributed by atoms with Gasteiger partial charge in [-0.2, -0.15) is 0 Å². The molecule has 32 valence electrons. The number of hydrogen-bond acceptors (Lipinski definition) is 2. The van der Waals surface area contributed by atoms with E-state index in [-0.39, 0.29) is 0 Å². The van der Waals surface area contributed by atoms with Crippen molar-refractivity contribution in [2.45, 2.75) is 6.92 Å². The van der Waals surface area contributed by atoms with Gasteiger partial charge in [0.1, 0.15) is 5.76 Å². The zero-order chi connectivity index (χ0) is 4.41. The Hall–Kier alpha value is -0.790. The number of nitrogens with zero attached hydrogens (tertiary/aromatic N) is 1. The molecule has 0 fully saturated rings. The molecule has 0 unspecified atom stereocenters. The lowest BCUT2D eigenvalue weighted by atomic mass is 10.6. The molecule has 2 nitrogen and oxygen atoms in total. The average molecular weight is 83.1 g/mol. The first-order valence-electron chi connectivity index (χ1n) is 1.74. The second-order valence-corrected chi connectivity index (χ2v) is 1.11. The molecule has 0 aromatic carbocycles. The topological polar surface area (TPSA) is 26.0 Å². The zero-order valence-corrected chi connectivity index (χ0v) is 3.51. The minimum atomic E-state index is 0.856. The third-order valence-electron chi connectivity index (χ3n) is 0.556. The molecule has 0 saturated heterocycles. The minimum Gasteiger partial charge on any atom is -0.449 e. The lowest BCUT2D eigenvalue weighted by Gasteiger charge is -1.66. The van der Waals surface area contributed by atoms with Crippen molar-refractivity contribution < 1.29 is 4.42 Å². The van der Waals surface area contributed by atoms with Crippen LogP contribution in [0.4, 0.5) is 0 Å². The molecule has 1 aromatic rings. The van der Waals surface area contributed by atoms with Crippen LogP contribution in [0.25, 0.3) is 0 Å². The summed E-state index contributed by atoms with van der Waals surface area (Å²) < 4.78 is 4.72. The number of oxazole rings is 1. The van der Waals surface area contributed by atoms with E-state index < -0.39 is 0 Å². The van der Waals surface area contributed by atoms with Gasteiger partial charge >= 0.3 is 0 Å². The van der Waals surface area contributed by atoms with Crippen molar-refractivity contribution in [2.24, 2.45) is 0 Å². The Morgan fingerprint density at radius 2 is 2.67 bits per heavy atom. The minimum absolute atomic E-state index is 0.856. The molecule has 0 aliphatic carbocycles. The van der Waals surface area contributed by atoms with Gasteiger partial charge in [0.2, 0.25) is 0 Å². The Kier molecular flexibility index (Phi) is 0.638. The third kappa shape index (κ3) is 0.407. The van der Waals surface area contributed by atoms with E-state index in [0.717, 1.165) is 5.76 Å². The molecule has 0 aliphatic rings. The predicted molar refractivity (Wildman–Crippen MR) is 21.2 cm³/mol. The molecule has 0 N–H and O–H groups in total. The summed E-state index contributed by atoms with van der Waals surface area (Å²) in [5.74, 6) is 0.856. The van der Waals surface area contributed by atoms with Crippen LogP contribution in [-0.4, -0.2) is 4.98 Å². The van der Waals surface area contributed by atoms with Gasteiger partial charge in [0.25, 0.3) is 0 Å². The molecule has 1 heterocycles. The monoisotopic (exact) mass is 83.0 g/mol. The first kappa shape index (κ1) is 3.40. The van der Waals surface area contributed by atoms with E-state index in [1.165, 1.54) is 6.39 Å². The van der Waals surface area contributed by atoms with Crippen molar-refractivity contribution in [1.82, 2.24) is 4.98 Å². The molecule has 1 rings (SSSR count). The Labute approximate surface area is 35.8 Å². The van der Waals surface area contributed by atoms with Gasteiger partial charge in [-0.3, -0.25) is 0 Å². The lowest BCUT2D eigenvalue weighted by molar-refractivity contribution is 0.527. The Morgan fingerprint density at radius 1 is 1.83 bits per heavy atom. The molecule has 2 heteroatoms. The zero-order valence-electron chi connectivity index (χ0n) is 3.51. The van der Waals surface area contributed by atoms with Gasteiger partial charge in [-0.25, -0.2) is 4.98 Å². The molecule has 0 radical (unpaired) electrons. The Morgan fingerprint density at radius 3 is 2.83 bits per heavy atom. The highest BCUT2D eigenvalue weighted by atomic mass is 16.3. The highest BCUT2D eigenvalue weighted by Crippen LogP contribution is 1.88. The first-order valence-corrected chi connectivity index (χ1v) is 1.74. The van der Waals surface area contributed by atoms with E-state index in [4.69, 9.17) is 4.42 Å². The molecule has 1 aromatic heterocycles. The molecule has 0 aliphatic heterocycles. The molecule has 0 atom stereocenters. The molecule has 0 saturated carbocycles. The highest BCUT2D eigenvalue weighted by molar-refractivity contribution is 4.80. The van der Waals surface area contributed by atoms with Crippen molar-refractivity contribution in [1.29, 1.82) is 0 Å². The van der Waals surface area contributed by atoms with Crippen molar-refractivity contribution in [3.63, 3.8) is 0 Å². The second kappa shape index (κ2) is 1.12. The summed E-state index contributed by atoms with van der Waals surface area (Å²) in [6.45, 7) is 1.85. The average Bonchev–Trinajstić information content (AvgIpc) is 1.86. The SMILES string of the molecule is Cc1cnco1. The van der Waals surface area contributed by atoms with Gasteiger partial charge in [-0.05, 0) is 6.92 Å². The van der Waals surface area contributed by atoms with Crippen LogP contribution in [0.3, 0.4) is 0 Å². The summed E-state index contributed by atoms with van der Waals surface area (Å²) in [7, 11) is 0. The van der Waals surface area contributed by atoms with E-state index in [0.29, 0.717) is 0 Å². The number of aryl methyl sites for hydroxylation is 1. The maximum Gasteiger partial charge on any atom is 0.180 e. The van der Waals surface area contributed by atoms with Crippen LogP contribution in [-0.2, 0) is 0 Å². The Bertz CT molecular complexity index is 111. The van der Waals surface area contributed by atoms with Gasteiger partial charge in [0.15, 0.2) is 6.39 Å². The summed E-state index contributed by atoms with van der Waals surface area (Å²) >= 11 is 0. The second-order valence-electron chi connectivity index (χ2n) is 1.11. The van der Waals surface area contributed by atoms with Crippen LogP contribution in [0, 0.1) is 6.92 Å². The fraction of sp³-hybridized carbons (Fsp3) is 0.250. The fourth-order valence-electron chi connectivity index (χ4n) is 0.279. The Balaban J connectivity index is 3.05.